The van der Waals surface area contributed by atoms with Crippen LogP contribution < -0.4 is 4.74 Å². The Kier molecular flexibility index (Phi) is 5.32. The Bertz CT molecular complexity index is 775. The summed E-state index contributed by atoms with van der Waals surface area (Å²) in [5.74, 6) is -3.59. The number of hydrogen-bond acceptors (Lipinski definition) is 5. The first kappa shape index (κ1) is 18.3. The maximum absolute atomic E-state index is 13.5. The fraction of sp³-hybridized carbons (Fsp3) is 0.375. The molecule has 7 nitrogen and oxygen atoms in total. The standard InChI is InChI=1S/C16H16F2N4O3/c1-9(8-25-13-5-4-10(17)6-12(13)18)20-14-11(7-19)15(23)22(3)16(24)21(14)2/h4-6,9,11H,8H2,1-3H3. The second-order valence-corrected chi connectivity index (χ2v) is 5.52. The smallest absolute Gasteiger partial charge is 0.331 e. The highest BCUT2D eigenvalue weighted by Crippen LogP contribution is 2.19. The lowest BCUT2D eigenvalue weighted by Gasteiger charge is -2.33. The SMILES string of the molecule is CC(COc1ccc(F)cc1F)N=C1C(C#N)C(=O)N(C)C(=O)N1C. The van der Waals surface area contributed by atoms with Crippen molar-refractivity contribution in [1.29, 1.82) is 5.26 Å². The van der Waals surface area contributed by atoms with Gasteiger partial charge < -0.3 is 4.74 Å². The molecular weight excluding hydrogens is 334 g/mol. The molecule has 2 unspecified atom stereocenters. The van der Waals surface area contributed by atoms with Crippen LogP contribution in [-0.4, -0.2) is 54.3 Å². The number of halogens is 2. The molecule has 2 rings (SSSR count). The van der Waals surface area contributed by atoms with Crippen LogP contribution in [0.25, 0.3) is 0 Å². The zero-order valence-electron chi connectivity index (χ0n) is 13.9. The Morgan fingerprint density at radius 2 is 2.00 bits per heavy atom. The number of amidine groups is 1. The lowest BCUT2D eigenvalue weighted by molar-refractivity contribution is -0.129. The molecule has 0 bridgehead atoms. The molecule has 1 aromatic carbocycles. The normalized spacial score (nSPS) is 20.6. The van der Waals surface area contributed by atoms with Gasteiger partial charge in [-0.1, -0.05) is 0 Å². The number of nitrogens with zero attached hydrogens (tertiary/aromatic N) is 4. The Morgan fingerprint density at radius 1 is 1.32 bits per heavy atom. The van der Waals surface area contributed by atoms with E-state index >= 15 is 0 Å². The minimum Gasteiger partial charge on any atom is -0.488 e. The molecule has 3 amide bonds. The van der Waals surface area contributed by atoms with E-state index in [1.54, 1.807) is 6.92 Å². The summed E-state index contributed by atoms with van der Waals surface area (Å²) in [6, 6.07) is 3.54. The molecule has 1 heterocycles. The predicted octanol–water partition coefficient (Wildman–Crippen LogP) is 1.79. The van der Waals surface area contributed by atoms with Gasteiger partial charge in [0.05, 0.1) is 12.1 Å². The quantitative estimate of drug-likeness (QED) is 0.828. The number of ether oxygens (including phenoxy) is 1. The van der Waals surface area contributed by atoms with Crippen LogP contribution >= 0.6 is 0 Å². The van der Waals surface area contributed by atoms with Gasteiger partial charge in [-0.15, -0.1) is 0 Å². The van der Waals surface area contributed by atoms with Crippen molar-refractivity contribution >= 4 is 17.8 Å². The molecular formula is C16H16F2N4O3. The molecule has 1 saturated heterocycles. The number of aliphatic imine (C=N–C) groups is 1. The second-order valence-electron chi connectivity index (χ2n) is 5.52. The van der Waals surface area contributed by atoms with E-state index in [-0.39, 0.29) is 18.2 Å². The summed E-state index contributed by atoms with van der Waals surface area (Å²) in [7, 11) is 2.69. The van der Waals surface area contributed by atoms with E-state index in [0.29, 0.717) is 6.07 Å². The van der Waals surface area contributed by atoms with Gasteiger partial charge in [0, 0.05) is 20.2 Å². The molecule has 0 N–H and O–H groups in total. The topological polar surface area (TPSA) is 86.0 Å². The van der Waals surface area contributed by atoms with Gasteiger partial charge in [0.15, 0.2) is 17.5 Å². The molecule has 1 fully saturated rings. The first-order valence-electron chi connectivity index (χ1n) is 7.36. The number of carbonyl (C=O) groups is 2. The van der Waals surface area contributed by atoms with Crippen molar-refractivity contribution in [3.63, 3.8) is 0 Å². The summed E-state index contributed by atoms with van der Waals surface area (Å²) in [5, 5.41) is 9.20. The van der Waals surface area contributed by atoms with Gasteiger partial charge in [0.1, 0.15) is 18.3 Å². The number of rotatable bonds is 4. The average molecular weight is 350 g/mol. The lowest BCUT2D eigenvalue weighted by Crippen LogP contribution is -2.56. The van der Waals surface area contributed by atoms with Gasteiger partial charge in [-0.3, -0.25) is 19.6 Å². The largest absolute Gasteiger partial charge is 0.488 e. The van der Waals surface area contributed by atoms with Gasteiger partial charge in [-0.05, 0) is 19.1 Å². The molecule has 9 heteroatoms. The molecule has 132 valence electrons. The summed E-state index contributed by atoms with van der Waals surface area (Å²) in [6.07, 6.45) is 0. The number of amides is 3. The third kappa shape index (κ3) is 3.74. The highest BCUT2D eigenvalue weighted by molar-refractivity contribution is 6.19. The molecule has 0 saturated carbocycles. The highest BCUT2D eigenvalue weighted by atomic mass is 19.1. The number of benzene rings is 1. The molecule has 1 aromatic rings. The van der Waals surface area contributed by atoms with Crippen LogP contribution in [0.1, 0.15) is 6.92 Å². The minimum absolute atomic E-state index is 0.00581. The zero-order chi connectivity index (χ0) is 18.7. The van der Waals surface area contributed by atoms with Crippen molar-refractivity contribution in [3.8, 4) is 11.8 Å². The van der Waals surface area contributed by atoms with Crippen molar-refractivity contribution in [2.75, 3.05) is 20.7 Å². The Hall–Kier alpha value is -3.02. The fourth-order valence-corrected chi connectivity index (χ4v) is 2.25. The maximum Gasteiger partial charge on any atom is 0.331 e. The number of urea groups is 1. The molecule has 0 radical (unpaired) electrons. The number of nitriles is 1. The van der Waals surface area contributed by atoms with Crippen LogP contribution in [0.15, 0.2) is 23.2 Å². The lowest BCUT2D eigenvalue weighted by atomic mass is 10.1. The van der Waals surface area contributed by atoms with E-state index < -0.39 is 35.5 Å². The zero-order valence-corrected chi connectivity index (χ0v) is 13.9. The van der Waals surface area contributed by atoms with E-state index in [1.165, 1.54) is 14.1 Å². The van der Waals surface area contributed by atoms with E-state index in [2.05, 4.69) is 4.99 Å². The van der Waals surface area contributed by atoms with Crippen LogP contribution in [0.3, 0.4) is 0 Å². The van der Waals surface area contributed by atoms with Crippen molar-refractivity contribution in [1.82, 2.24) is 9.80 Å². The van der Waals surface area contributed by atoms with E-state index in [9.17, 15) is 23.6 Å². The van der Waals surface area contributed by atoms with E-state index in [0.717, 1.165) is 21.9 Å². The average Bonchev–Trinajstić information content (AvgIpc) is 2.57. The minimum atomic E-state index is -1.21. The van der Waals surface area contributed by atoms with Gasteiger partial charge in [0.25, 0.3) is 5.91 Å². The van der Waals surface area contributed by atoms with Crippen molar-refractivity contribution < 1.29 is 23.1 Å². The predicted molar refractivity (Wildman–Crippen MR) is 83.8 cm³/mol. The number of imide groups is 1. The van der Waals surface area contributed by atoms with Crippen LogP contribution in [0, 0.1) is 28.9 Å². The van der Waals surface area contributed by atoms with Crippen LogP contribution in [0.5, 0.6) is 5.75 Å². The Balaban J connectivity index is 2.15. The van der Waals surface area contributed by atoms with Crippen molar-refractivity contribution in [2.45, 2.75) is 13.0 Å². The van der Waals surface area contributed by atoms with Gasteiger partial charge in [-0.25, -0.2) is 13.6 Å². The number of hydrogen-bond donors (Lipinski definition) is 0. The Labute approximate surface area is 143 Å². The van der Waals surface area contributed by atoms with Crippen molar-refractivity contribution in [3.05, 3.63) is 29.8 Å². The summed E-state index contributed by atoms with van der Waals surface area (Å²) >= 11 is 0. The monoisotopic (exact) mass is 350 g/mol. The highest BCUT2D eigenvalue weighted by Gasteiger charge is 2.41. The summed E-state index contributed by atoms with van der Waals surface area (Å²) < 4.78 is 31.6. The first-order valence-corrected chi connectivity index (χ1v) is 7.36. The summed E-state index contributed by atoms with van der Waals surface area (Å²) in [4.78, 5) is 30.1. The number of carbonyl (C=O) groups excluding carboxylic acids is 2. The molecule has 0 spiro atoms. The first-order chi connectivity index (χ1) is 11.8. The van der Waals surface area contributed by atoms with Gasteiger partial charge in [-0.2, -0.15) is 5.26 Å². The van der Waals surface area contributed by atoms with Crippen LogP contribution in [0.4, 0.5) is 13.6 Å². The summed E-state index contributed by atoms with van der Waals surface area (Å²) in [5.41, 5.74) is 0. The van der Waals surface area contributed by atoms with Gasteiger partial charge in [0.2, 0.25) is 0 Å². The third-order valence-corrected chi connectivity index (χ3v) is 3.61. The van der Waals surface area contributed by atoms with E-state index in [4.69, 9.17) is 4.74 Å². The molecule has 0 aliphatic carbocycles. The second kappa shape index (κ2) is 7.25. The third-order valence-electron chi connectivity index (χ3n) is 3.61. The van der Waals surface area contributed by atoms with Gasteiger partial charge >= 0.3 is 6.03 Å². The molecule has 0 aromatic heterocycles. The maximum atomic E-state index is 13.5. The molecule has 2 atom stereocenters. The fourth-order valence-electron chi connectivity index (χ4n) is 2.25. The van der Waals surface area contributed by atoms with Crippen LogP contribution in [0.2, 0.25) is 0 Å². The molecule has 1 aliphatic rings. The van der Waals surface area contributed by atoms with E-state index in [1.807, 2.05) is 6.07 Å². The Morgan fingerprint density at radius 3 is 2.60 bits per heavy atom. The molecule has 25 heavy (non-hydrogen) atoms. The van der Waals surface area contributed by atoms with Crippen LogP contribution in [-0.2, 0) is 4.79 Å². The summed E-state index contributed by atoms with van der Waals surface area (Å²) in [6.45, 7) is 1.53. The molecule has 1 aliphatic heterocycles. The van der Waals surface area contributed by atoms with Crippen molar-refractivity contribution in [2.24, 2.45) is 10.9 Å².